The Labute approximate surface area is 159 Å². The number of aryl methyl sites for hydroxylation is 1. The first-order chi connectivity index (χ1) is 13.1. The Morgan fingerprint density at radius 3 is 2.56 bits per heavy atom. The summed E-state index contributed by atoms with van der Waals surface area (Å²) >= 11 is 0. The number of para-hydroxylation sites is 2. The van der Waals surface area contributed by atoms with Gasteiger partial charge in [0, 0.05) is 28.7 Å². The topological polar surface area (TPSA) is 19.6 Å². The molecule has 0 unspecified atom stereocenters. The zero-order valence-electron chi connectivity index (χ0n) is 16.1. The molecule has 2 heterocycles. The number of furan rings is 1. The van der Waals surface area contributed by atoms with Crippen LogP contribution in [0.2, 0.25) is 0 Å². The molecule has 0 aliphatic carbocycles. The highest BCUT2D eigenvalue weighted by atomic mass is 16.3. The molecule has 5 rings (SSSR count). The van der Waals surface area contributed by atoms with Crippen molar-refractivity contribution in [1.82, 2.24) is 4.90 Å². The number of rotatable bonds is 1. The zero-order valence-corrected chi connectivity index (χ0v) is 16.1. The fraction of sp³-hybridized carbons (Fsp3) is 0.250. The molecular formula is C24H24N2O. The van der Waals surface area contributed by atoms with E-state index in [-0.39, 0.29) is 6.17 Å². The molecule has 0 bridgehead atoms. The number of benzene rings is 3. The molecule has 3 heteroatoms. The third kappa shape index (κ3) is 2.54. The Morgan fingerprint density at radius 2 is 1.67 bits per heavy atom. The molecule has 1 atom stereocenters. The summed E-state index contributed by atoms with van der Waals surface area (Å²) < 4.78 is 6.09. The van der Waals surface area contributed by atoms with Crippen LogP contribution in [0.5, 0.6) is 0 Å². The minimum atomic E-state index is 0.281. The summed E-state index contributed by atoms with van der Waals surface area (Å²) in [6.45, 7) is 5.53. The van der Waals surface area contributed by atoms with E-state index in [4.69, 9.17) is 4.42 Å². The molecule has 4 aromatic rings. The molecule has 27 heavy (non-hydrogen) atoms. The van der Waals surface area contributed by atoms with E-state index in [1.54, 1.807) is 0 Å². The number of nitrogens with zero attached hydrogens (tertiary/aromatic N) is 2. The van der Waals surface area contributed by atoms with Gasteiger partial charge >= 0.3 is 0 Å². The first-order valence-corrected chi connectivity index (χ1v) is 9.63. The molecule has 0 N–H and O–H groups in total. The second-order valence-corrected chi connectivity index (χ2v) is 7.59. The van der Waals surface area contributed by atoms with Crippen molar-refractivity contribution in [3.63, 3.8) is 0 Å². The van der Waals surface area contributed by atoms with E-state index < -0.39 is 0 Å². The maximum atomic E-state index is 6.09. The molecule has 1 aliphatic rings. The predicted molar refractivity (Wildman–Crippen MR) is 113 cm³/mol. The largest absolute Gasteiger partial charge is 0.456 e. The van der Waals surface area contributed by atoms with Gasteiger partial charge in [0.15, 0.2) is 0 Å². The summed E-state index contributed by atoms with van der Waals surface area (Å²) in [6, 6.07) is 21.6. The molecule has 0 fully saturated rings. The summed E-state index contributed by atoms with van der Waals surface area (Å²) in [5, 5.41) is 2.36. The first kappa shape index (κ1) is 16.4. The third-order valence-corrected chi connectivity index (χ3v) is 5.95. The van der Waals surface area contributed by atoms with Crippen LogP contribution in [0.4, 0.5) is 11.4 Å². The monoisotopic (exact) mass is 356 g/mol. The van der Waals surface area contributed by atoms with Crippen molar-refractivity contribution < 1.29 is 4.42 Å². The Kier molecular flexibility index (Phi) is 3.73. The van der Waals surface area contributed by atoms with Gasteiger partial charge in [-0.3, -0.25) is 4.90 Å². The summed E-state index contributed by atoms with van der Waals surface area (Å²) in [5.41, 5.74) is 7.11. The van der Waals surface area contributed by atoms with E-state index in [1.807, 2.05) is 12.1 Å². The van der Waals surface area contributed by atoms with Gasteiger partial charge in [-0.1, -0.05) is 36.4 Å². The number of hydrogen-bond acceptors (Lipinski definition) is 3. The normalized spacial score (nSPS) is 18.0. The van der Waals surface area contributed by atoms with Crippen LogP contribution in [0, 0.1) is 6.92 Å². The Hall–Kier alpha value is -2.78. The summed E-state index contributed by atoms with van der Waals surface area (Å²) in [6.07, 6.45) is 1.35. The first-order valence-electron chi connectivity index (χ1n) is 9.63. The predicted octanol–water partition coefficient (Wildman–Crippen LogP) is 5.87. The zero-order chi connectivity index (χ0) is 18.5. The van der Waals surface area contributed by atoms with Gasteiger partial charge in [0.25, 0.3) is 0 Å². The van der Waals surface area contributed by atoms with Crippen LogP contribution in [0.15, 0.2) is 65.1 Å². The standard InChI is InChI=1S/C24H24N2O/c1-16-14-24-20(19-9-5-7-11-23(19)27-24)15-22(16)26-17(2)25(3)13-12-18-8-4-6-10-21(18)26/h4-11,14-15,17H,12-13H2,1-3H3/t17-/m0/s1. The van der Waals surface area contributed by atoms with Crippen LogP contribution in [0.3, 0.4) is 0 Å². The molecule has 136 valence electrons. The fourth-order valence-electron chi connectivity index (χ4n) is 4.29. The van der Waals surface area contributed by atoms with Crippen molar-refractivity contribution in [2.24, 2.45) is 0 Å². The highest BCUT2D eigenvalue weighted by Crippen LogP contribution is 2.40. The smallest absolute Gasteiger partial charge is 0.135 e. The molecule has 3 aromatic carbocycles. The molecule has 1 aromatic heterocycles. The van der Waals surface area contributed by atoms with Gasteiger partial charge in [-0.15, -0.1) is 0 Å². The third-order valence-electron chi connectivity index (χ3n) is 5.95. The lowest BCUT2D eigenvalue weighted by Crippen LogP contribution is -2.41. The summed E-state index contributed by atoms with van der Waals surface area (Å²) in [7, 11) is 2.21. The maximum Gasteiger partial charge on any atom is 0.135 e. The number of anilines is 2. The van der Waals surface area contributed by atoms with Crippen molar-refractivity contribution in [3.05, 3.63) is 71.8 Å². The van der Waals surface area contributed by atoms with Crippen molar-refractivity contribution in [2.75, 3.05) is 18.5 Å². The van der Waals surface area contributed by atoms with Crippen molar-refractivity contribution >= 4 is 33.3 Å². The quantitative estimate of drug-likeness (QED) is 0.425. The van der Waals surface area contributed by atoms with Crippen LogP contribution < -0.4 is 4.90 Å². The van der Waals surface area contributed by atoms with E-state index in [2.05, 4.69) is 79.2 Å². The van der Waals surface area contributed by atoms with E-state index in [0.29, 0.717) is 0 Å². The molecule has 3 nitrogen and oxygen atoms in total. The van der Waals surface area contributed by atoms with Gasteiger partial charge in [-0.2, -0.15) is 0 Å². The van der Waals surface area contributed by atoms with E-state index in [1.165, 1.54) is 33.3 Å². The second-order valence-electron chi connectivity index (χ2n) is 7.59. The van der Waals surface area contributed by atoms with E-state index in [0.717, 1.165) is 24.1 Å². The van der Waals surface area contributed by atoms with Crippen molar-refractivity contribution in [3.8, 4) is 0 Å². The van der Waals surface area contributed by atoms with Crippen molar-refractivity contribution in [1.29, 1.82) is 0 Å². The van der Waals surface area contributed by atoms with E-state index in [9.17, 15) is 0 Å². The van der Waals surface area contributed by atoms with Gasteiger partial charge in [-0.25, -0.2) is 0 Å². The summed E-state index contributed by atoms with van der Waals surface area (Å²) in [5.74, 6) is 0. The highest BCUT2D eigenvalue weighted by molar-refractivity contribution is 6.06. The molecule has 0 amide bonds. The molecular weight excluding hydrogens is 332 g/mol. The van der Waals surface area contributed by atoms with Gasteiger partial charge in [0.1, 0.15) is 11.2 Å². The van der Waals surface area contributed by atoms with Crippen LogP contribution in [-0.2, 0) is 6.42 Å². The van der Waals surface area contributed by atoms with Crippen LogP contribution in [-0.4, -0.2) is 24.7 Å². The Balaban J connectivity index is 1.78. The lowest BCUT2D eigenvalue weighted by Gasteiger charge is -2.36. The molecule has 0 saturated carbocycles. The van der Waals surface area contributed by atoms with Gasteiger partial charge in [0.2, 0.25) is 0 Å². The number of fused-ring (bicyclic) bond motifs is 4. The second kappa shape index (κ2) is 6.14. The maximum absolute atomic E-state index is 6.09. The number of hydrogen-bond donors (Lipinski definition) is 0. The SMILES string of the molecule is Cc1cc2oc3ccccc3c2cc1N1c2ccccc2CCN(C)[C@@H]1C. The van der Waals surface area contributed by atoms with Gasteiger partial charge < -0.3 is 9.32 Å². The van der Waals surface area contributed by atoms with E-state index >= 15 is 0 Å². The molecule has 1 aliphatic heterocycles. The molecule has 0 radical (unpaired) electrons. The summed E-state index contributed by atoms with van der Waals surface area (Å²) in [4.78, 5) is 4.91. The Morgan fingerprint density at radius 1 is 0.889 bits per heavy atom. The fourth-order valence-corrected chi connectivity index (χ4v) is 4.29. The van der Waals surface area contributed by atoms with Gasteiger partial charge in [0.05, 0.1) is 6.17 Å². The number of likely N-dealkylation sites (N-methyl/N-ethyl adjacent to an activating group) is 1. The van der Waals surface area contributed by atoms with Crippen molar-refractivity contribution in [2.45, 2.75) is 26.4 Å². The minimum Gasteiger partial charge on any atom is -0.456 e. The Bertz CT molecular complexity index is 1140. The van der Waals surface area contributed by atoms with Gasteiger partial charge in [-0.05, 0) is 62.7 Å². The minimum absolute atomic E-state index is 0.281. The lowest BCUT2D eigenvalue weighted by atomic mass is 10.0. The van der Waals surface area contributed by atoms with Crippen LogP contribution >= 0.6 is 0 Å². The highest BCUT2D eigenvalue weighted by Gasteiger charge is 2.27. The van der Waals surface area contributed by atoms with Crippen LogP contribution in [0.1, 0.15) is 18.1 Å². The average Bonchev–Trinajstić information content (AvgIpc) is 2.98. The lowest BCUT2D eigenvalue weighted by molar-refractivity contribution is 0.271. The molecule has 0 saturated heterocycles. The van der Waals surface area contributed by atoms with Crippen LogP contribution in [0.25, 0.3) is 21.9 Å². The average molecular weight is 356 g/mol. The molecule has 0 spiro atoms.